The summed E-state index contributed by atoms with van der Waals surface area (Å²) in [5, 5.41) is 6.53. The highest BCUT2D eigenvalue weighted by Gasteiger charge is 2.26. The van der Waals surface area contributed by atoms with Crippen molar-refractivity contribution in [3.05, 3.63) is 0 Å². The quantitative estimate of drug-likeness (QED) is 0.468. The summed E-state index contributed by atoms with van der Waals surface area (Å²) in [5.41, 5.74) is 0. The van der Waals surface area contributed by atoms with Crippen LogP contribution < -0.4 is 10.6 Å². The SMILES string of the molecule is CCOC(CCNC(=NC)N1CCN(CC(=O)NC2CC2)CC1)C(C)C. The summed E-state index contributed by atoms with van der Waals surface area (Å²) in [4.78, 5) is 20.9. The van der Waals surface area contributed by atoms with Crippen LogP contribution in [0.2, 0.25) is 0 Å². The third-order valence-electron chi connectivity index (χ3n) is 5.03. The third-order valence-corrected chi connectivity index (χ3v) is 5.03. The van der Waals surface area contributed by atoms with Crippen LogP contribution in [0.25, 0.3) is 0 Å². The Hall–Kier alpha value is -1.34. The molecule has 1 heterocycles. The molecule has 0 bridgehead atoms. The van der Waals surface area contributed by atoms with E-state index >= 15 is 0 Å². The van der Waals surface area contributed by atoms with Crippen molar-refractivity contribution < 1.29 is 9.53 Å². The Balaban J connectivity index is 1.67. The van der Waals surface area contributed by atoms with Crippen molar-refractivity contribution in [3.63, 3.8) is 0 Å². The van der Waals surface area contributed by atoms with Crippen molar-refractivity contribution in [2.45, 2.75) is 52.2 Å². The van der Waals surface area contributed by atoms with Gasteiger partial charge in [-0.25, -0.2) is 0 Å². The fourth-order valence-electron chi connectivity index (χ4n) is 3.30. The van der Waals surface area contributed by atoms with Gasteiger partial charge in [-0.05, 0) is 32.1 Å². The van der Waals surface area contributed by atoms with Gasteiger partial charge in [-0.2, -0.15) is 0 Å². The summed E-state index contributed by atoms with van der Waals surface area (Å²) in [6.07, 6.45) is 3.55. The van der Waals surface area contributed by atoms with E-state index in [0.717, 1.165) is 64.6 Å². The van der Waals surface area contributed by atoms with Gasteiger partial charge in [0.1, 0.15) is 0 Å². The van der Waals surface area contributed by atoms with Crippen molar-refractivity contribution in [1.82, 2.24) is 20.4 Å². The molecule has 1 aliphatic carbocycles. The highest BCUT2D eigenvalue weighted by molar-refractivity contribution is 5.80. The molecule has 0 aromatic heterocycles. The number of ether oxygens (including phenoxy) is 1. The number of hydrogen-bond acceptors (Lipinski definition) is 4. The van der Waals surface area contributed by atoms with Gasteiger partial charge >= 0.3 is 0 Å². The minimum Gasteiger partial charge on any atom is -0.378 e. The number of rotatable bonds is 9. The molecule has 0 aromatic carbocycles. The van der Waals surface area contributed by atoms with E-state index in [-0.39, 0.29) is 12.0 Å². The topological polar surface area (TPSA) is 69.2 Å². The Morgan fingerprint density at radius 3 is 2.46 bits per heavy atom. The van der Waals surface area contributed by atoms with Gasteiger partial charge in [0.15, 0.2) is 5.96 Å². The summed E-state index contributed by atoms with van der Waals surface area (Å²) in [6.45, 7) is 12.2. The first-order chi connectivity index (χ1) is 12.5. The Kier molecular flexibility index (Phi) is 8.65. The van der Waals surface area contributed by atoms with E-state index < -0.39 is 0 Å². The lowest BCUT2D eigenvalue weighted by Crippen LogP contribution is -2.54. The maximum absolute atomic E-state index is 11.9. The van der Waals surface area contributed by atoms with Crippen LogP contribution in [0.15, 0.2) is 4.99 Å². The Labute approximate surface area is 158 Å². The molecule has 1 saturated carbocycles. The van der Waals surface area contributed by atoms with Crippen LogP contribution in [0.3, 0.4) is 0 Å². The molecule has 1 amide bonds. The average Bonchev–Trinajstić information content (AvgIpc) is 3.42. The molecular weight excluding hydrogens is 330 g/mol. The van der Waals surface area contributed by atoms with Crippen LogP contribution in [0.1, 0.15) is 40.0 Å². The first kappa shape index (κ1) is 21.0. The molecule has 2 N–H and O–H groups in total. The molecular formula is C19H37N5O2. The Morgan fingerprint density at radius 2 is 1.92 bits per heavy atom. The second-order valence-electron chi connectivity index (χ2n) is 7.61. The Bertz CT molecular complexity index is 457. The normalized spacial score (nSPS) is 20.3. The van der Waals surface area contributed by atoms with Crippen LogP contribution in [0.4, 0.5) is 0 Å². The monoisotopic (exact) mass is 367 g/mol. The fraction of sp³-hybridized carbons (Fsp3) is 0.895. The zero-order chi connectivity index (χ0) is 18.9. The molecule has 26 heavy (non-hydrogen) atoms. The third kappa shape index (κ3) is 7.11. The fourth-order valence-corrected chi connectivity index (χ4v) is 3.30. The van der Waals surface area contributed by atoms with Crippen LogP contribution >= 0.6 is 0 Å². The van der Waals surface area contributed by atoms with Gasteiger partial charge in [0.05, 0.1) is 12.6 Å². The Morgan fingerprint density at radius 1 is 1.23 bits per heavy atom. The summed E-state index contributed by atoms with van der Waals surface area (Å²) >= 11 is 0. The molecule has 2 aliphatic rings. The lowest BCUT2D eigenvalue weighted by atomic mass is 10.0. The molecule has 7 nitrogen and oxygen atoms in total. The number of hydrogen-bond donors (Lipinski definition) is 2. The van der Waals surface area contributed by atoms with Gasteiger partial charge in [-0.3, -0.25) is 14.7 Å². The number of aliphatic imine (C=N–C) groups is 1. The lowest BCUT2D eigenvalue weighted by molar-refractivity contribution is -0.122. The van der Waals surface area contributed by atoms with Gasteiger partial charge in [0.25, 0.3) is 0 Å². The molecule has 1 unspecified atom stereocenters. The highest BCUT2D eigenvalue weighted by atomic mass is 16.5. The zero-order valence-corrected chi connectivity index (χ0v) is 17.0. The molecule has 0 radical (unpaired) electrons. The number of amides is 1. The van der Waals surface area contributed by atoms with E-state index in [2.05, 4.69) is 39.3 Å². The molecule has 1 aliphatic heterocycles. The smallest absolute Gasteiger partial charge is 0.234 e. The minimum atomic E-state index is 0.166. The summed E-state index contributed by atoms with van der Waals surface area (Å²) in [7, 11) is 1.83. The van der Waals surface area contributed by atoms with Crippen LogP contribution in [0.5, 0.6) is 0 Å². The lowest BCUT2D eigenvalue weighted by Gasteiger charge is -2.36. The molecule has 150 valence electrons. The van der Waals surface area contributed by atoms with E-state index in [1.807, 2.05) is 14.0 Å². The van der Waals surface area contributed by atoms with Crippen molar-refractivity contribution in [3.8, 4) is 0 Å². The molecule has 2 fully saturated rings. The largest absolute Gasteiger partial charge is 0.378 e. The van der Waals surface area contributed by atoms with Crippen LogP contribution in [-0.4, -0.2) is 86.7 Å². The number of nitrogens with zero attached hydrogens (tertiary/aromatic N) is 3. The van der Waals surface area contributed by atoms with E-state index in [4.69, 9.17) is 4.74 Å². The molecule has 0 spiro atoms. The summed E-state index contributed by atoms with van der Waals surface area (Å²) in [5.74, 6) is 1.63. The van der Waals surface area contributed by atoms with E-state index in [0.29, 0.717) is 18.5 Å². The molecule has 1 saturated heterocycles. The van der Waals surface area contributed by atoms with Crippen molar-refractivity contribution in [2.75, 3.05) is 52.9 Å². The zero-order valence-electron chi connectivity index (χ0n) is 17.0. The molecule has 0 aromatic rings. The number of guanidine groups is 1. The van der Waals surface area contributed by atoms with Crippen LogP contribution in [0, 0.1) is 5.92 Å². The number of carbonyl (C=O) groups excluding carboxylic acids is 1. The predicted molar refractivity (Wildman–Crippen MR) is 105 cm³/mol. The number of nitrogens with one attached hydrogen (secondary N) is 2. The van der Waals surface area contributed by atoms with Crippen LogP contribution in [-0.2, 0) is 9.53 Å². The maximum atomic E-state index is 11.9. The highest BCUT2D eigenvalue weighted by Crippen LogP contribution is 2.18. The summed E-state index contributed by atoms with van der Waals surface area (Å²) < 4.78 is 5.81. The molecule has 2 rings (SSSR count). The maximum Gasteiger partial charge on any atom is 0.234 e. The molecule has 1 atom stereocenters. The van der Waals surface area contributed by atoms with E-state index in [9.17, 15) is 4.79 Å². The molecule has 7 heteroatoms. The average molecular weight is 368 g/mol. The van der Waals surface area contributed by atoms with Crippen molar-refractivity contribution >= 4 is 11.9 Å². The number of carbonyl (C=O) groups is 1. The van der Waals surface area contributed by atoms with Crippen molar-refractivity contribution in [1.29, 1.82) is 0 Å². The predicted octanol–water partition coefficient (Wildman–Crippen LogP) is 0.909. The van der Waals surface area contributed by atoms with E-state index in [1.54, 1.807) is 0 Å². The van der Waals surface area contributed by atoms with Crippen molar-refractivity contribution in [2.24, 2.45) is 10.9 Å². The van der Waals surface area contributed by atoms with Gasteiger partial charge in [-0.15, -0.1) is 0 Å². The van der Waals surface area contributed by atoms with Gasteiger partial charge in [-0.1, -0.05) is 13.8 Å². The standard InChI is InChI=1S/C19H37N5O2/c1-5-26-17(15(2)3)8-9-21-19(20-4)24-12-10-23(11-13-24)14-18(25)22-16-6-7-16/h15-17H,5-14H2,1-4H3,(H,20,21)(H,22,25). The second kappa shape index (κ2) is 10.7. The van der Waals surface area contributed by atoms with Gasteiger partial charge < -0.3 is 20.3 Å². The van der Waals surface area contributed by atoms with E-state index in [1.165, 1.54) is 0 Å². The number of piperazine rings is 1. The summed E-state index contributed by atoms with van der Waals surface area (Å²) in [6, 6.07) is 0.443. The first-order valence-electron chi connectivity index (χ1n) is 10.1. The first-order valence-corrected chi connectivity index (χ1v) is 10.1. The van der Waals surface area contributed by atoms with Gasteiger partial charge in [0.2, 0.25) is 5.91 Å². The minimum absolute atomic E-state index is 0.166. The second-order valence-corrected chi connectivity index (χ2v) is 7.61. The van der Waals surface area contributed by atoms with Gasteiger partial charge in [0, 0.05) is 52.4 Å².